The van der Waals surface area contributed by atoms with Crippen LogP contribution in [0.25, 0.3) is 0 Å². The number of amides is 2. The van der Waals surface area contributed by atoms with Gasteiger partial charge in [0, 0.05) is 25.3 Å². The first-order valence-corrected chi connectivity index (χ1v) is 10.6. The SMILES string of the molecule is CC(=O)Nc1ccc(S(=O)(=O)N(C)CC(=O)Nc2ccc(C(C)(C)C)cc2)cc1. The number of carbonyl (C=O) groups is 2. The molecule has 0 fully saturated rings. The molecule has 29 heavy (non-hydrogen) atoms. The Morgan fingerprint density at radius 3 is 1.86 bits per heavy atom. The van der Waals surface area contributed by atoms with Gasteiger partial charge in [-0.3, -0.25) is 9.59 Å². The zero-order chi connectivity index (χ0) is 21.8. The summed E-state index contributed by atoms with van der Waals surface area (Å²) in [4.78, 5) is 23.4. The fraction of sp³-hybridized carbons (Fsp3) is 0.333. The van der Waals surface area contributed by atoms with Crippen molar-refractivity contribution >= 4 is 33.2 Å². The van der Waals surface area contributed by atoms with E-state index in [1.165, 1.54) is 38.2 Å². The van der Waals surface area contributed by atoms with Crippen LogP contribution in [-0.2, 0) is 25.0 Å². The number of sulfonamides is 1. The van der Waals surface area contributed by atoms with Gasteiger partial charge in [-0.1, -0.05) is 32.9 Å². The van der Waals surface area contributed by atoms with Crippen LogP contribution < -0.4 is 10.6 Å². The summed E-state index contributed by atoms with van der Waals surface area (Å²) in [5.74, 6) is -0.681. The van der Waals surface area contributed by atoms with Gasteiger partial charge in [0.15, 0.2) is 0 Å². The predicted octanol–water partition coefficient (Wildman–Crippen LogP) is 3.20. The second kappa shape index (κ2) is 8.75. The van der Waals surface area contributed by atoms with Gasteiger partial charge in [0.05, 0.1) is 11.4 Å². The van der Waals surface area contributed by atoms with Gasteiger partial charge in [0.2, 0.25) is 21.8 Å². The molecule has 0 aromatic heterocycles. The summed E-state index contributed by atoms with van der Waals surface area (Å²) in [6, 6.07) is 13.2. The van der Waals surface area contributed by atoms with E-state index in [1.807, 2.05) is 12.1 Å². The fourth-order valence-corrected chi connectivity index (χ4v) is 3.76. The zero-order valence-corrected chi connectivity index (χ0v) is 18.1. The van der Waals surface area contributed by atoms with Crippen LogP contribution in [0.4, 0.5) is 11.4 Å². The van der Waals surface area contributed by atoms with Crippen molar-refractivity contribution in [1.29, 1.82) is 0 Å². The van der Waals surface area contributed by atoms with Crippen LogP contribution in [0.1, 0.15) is 33.3 Å². The maximum atomic E-state index is 12.7. The highest BCUT2D eigenvalue weighted by Gasteiger charge is 2.23. The lowest BCUT2D eigenvalue weighted by Crippen LogP contribution is -2.35. The van der Waals surface area contributed by atoms with Crippen LogP contribution in [0.15, 0.2) is 53.4 Å². The molecule has 0 heterocycles. The Kier molecular flexibility index (Phi) is 6.81. The van der Waals surface area contributed by atoms with Gasteiger partial charge in [0.25, 0.3) is 0 Å². The van der Waals surface area contributed by atoms with Crippen LogP contribution in [0.5, 0.6) is 0 Å². The van der Waals surface area contributed by atoms with Crippen LogP contribution in [-0.4, -0.2) is 38.1 Å². The lowest BCUT2D eigenvalue weighted by molar-refractivity contribution is -0.116. The first kappa shape index (κ1) is 22.6. The van der Waals surface area contributed by atoms with Crippen LogP contribution >= 0.6 is 0 Å². The molecule has 8 heteroatoms. The van der Waals surface area contributed by atoms with E-state index in [2.05, 4.69) is 31.4 Å². The summed E-state index contributed by atoms with van der Waals surface area (Å²) in [5.41, 5.74) is 2.24. The number of benzene rings is 2. The van der Waals surface area contributed by atoms with Crippen LogP contribution in [0.2, 0.25) is 0 Å². The molecule has 0 bridgehead atoms. The summed E-state index contributed by atoms with van der Waals surface area (Å²) in [6.45, 7) is 7.35. The van der Waals surface area contributed by atoms with E-state index < -0.39 is 15.9 Å². The van der Waals surface area contributed by atoms with E-state index in [9.17, 15) is 18.0 Å². The van der Waals surface area contributed by atoms with E-state index in [-0.39, 0.29) is 22.8 Å². The quantitative estimate of drug-likeness (QED) is 0.754. The van der Waals surface area contributed by atoms with E-state index in [0.717, 1.165) is 9.87 Å². The molecule has 7 nitrogen and oxygen atoms in total. The van der Waals surface area contributed by atoms with E-state index >= 15 is 0 Å². The van der Waals surface area contributed by atoms with Crippen molar-refractivity contribution in [3.05, 3.63) is 54.1 Å². The number of anilines is 2. The topological polar surface area (TPSA) is 95.6 Å². The molecule has 2 aromatic carbocycles. The minimum atomic E-state index is -3.84. The third-order valence-corrected chi connectivity index (χ3v) is 6.10. The van der Waals surface area contributed by atoms with Crippen molar-refractivity contribution in [3.63, 3.8) is 0 Å². The lowest BCUT2D eigenvalue weighted by Gasteiger charge is -2.20. The Hall–Kier alpha value is -2.71. The highest BCUT2D eigenvalue weighted by atomic mass is 32.2. The number of hydrogen-bond donors (Lipinski definition) is 2. The van der Waals surface area contributed by atoms with Gasteiger partial charge >= 0.3 is 0 Å². The maximum Gasteiger partial charge on any atom is 0.243 e. The maximum absolute atomic E-state index is 12.7. The molecule has 0 saturated carbocycles. The first-order chi connectivity index (χ1) is 13.4. The Morgan fingerprint density at radius 2 is 1.38 bits per heavy atom. The van der Waals surface area contributed by atoms with Gasteiger partial charge < -0.3 is 10.6 Å². The van der Waals surface area contributed by atoms with Crippen molar-refractivity contribution < 1.29 is 18.0 Å². The summed E-state index contributed by atoms with van der Waals surface area (Å²) < 4.78 is 26.3. The first-order valence-electron chi connectivity index (χ1n) is 9.14. The molecule has 156 valence electrons. The lowest BCUT2D eigenvalue weighted by atomic mass is 9.87. The Labute approximate surface area is 172 Å². The van der Waals surface area contributed by atoms with Crippen molar-refractivity contribution in [2.75, 3.05) is 24.2 Å². The van der Waals surface area contributed by atoms with Gasteiger partial charge in [0.1, 0.15) is 0 Å². The molecule has 0 radical (unpaired) electrons. The molecule has 0 saturated heterocycles. The summed E-state index contributed by atoms with van der Waals surface area (Å²) in [6.07, 6.45) is 0. The largest absolute Gasteiger partial charge is 0.326 e. The van der Waals surface area contributed by atoms with E-state index in [1.54, 1.807) is 12.1 Å². The van der Waals surface area contributed by atoms with E-state index in [4.69, 9.17) is 0 Å². The Bertz CT molecular complexity index is 976. The third-order valence-electron chi connectivity index (χ3n) is 4.28. The second-order valence-corrected chi connectivity index (χ2v) is 9.89. The fourth-order valence-electron chi connectivity index (χ4n) is 2.63. The van der Waals surface area contributed by atoms with Crippen molar-refractivity contribution in [1.82, 2.24) is 4.31 Å². The number of rotatable bonds is 6. The summed E-state index contributed by atoms with van der Waals surface area (Å²) >= 11 is 0. The number of hydrogen-bond acceptors (Lipinski definition) is 4. The molecule has 2 rings (SSSR count). The van der Waals surface area contributed by atoms with Crippen molar-refractivity contribution in [2.45, 2.75) is 38.0 Å². The van der Waals surface area contributed by atoms with Crippen LogP contribution in [0.3, 0.4) is 0 Å². The van der Waals surface area contributed by atoms with Gasteiger partial charge in [-0.05, 0) is 47.4 Å². The molecule has 0 unspecified atom stereocenters. The number of nitrogens with one attached hydrogen (secondary N) is 2. The standard InChI is InChI=1S/C21H27N3O4S/c1-15(25)22-17-10-12-19(13-11-17)29(27,28)24(5)14-20(26)23-18-8-6-16(7-9-18)21(2,3)4/h6-13H,14H2,1-5H3,(H,22,25)(H,23,26). The molecule has 2 aromatic rings. The summed E-state index contributed by atoms with van der Waals surface area (Å²) in [5, 5.41) is 5.29. The normalized spacial score (nSPS) is 11.9. The molecular formula is C21H27N3O4S. The molecule has 2 amide bonds. The average molecular weight is 418 g/mol. The number of nitrogens with zero attached hydrogens (tertiary/aromatic N) is 1. The third kappa shape index (κ3) is 6.13. The van der Waals surface area contributed by atoms with E-state index in [0.29, 0.717) is 11.4 Å². The molecular weight excluding hydrogens is 390 g/mol. The molecule has 2 N–H and O–H groups in total. The highest BCUT2D eigenvalue weighted by Crippen LogP contribution is 2.23. The monoisotopic (exact) mass is 417 g/mol. The van der Waals surface area contributed by atoms with Gasteiger partial charge in [-0.2, -0.15) is 4.31 Å². The van der Waals surface area contributed by atoms with Crippen LogP contribution in [0, 0.1) is 0 Å². The minimum Gasteiger partial charge on any atom is -0.326 e. The smallest absolute Gasteiger partial charge is 0.243 e. The molecule has 0 aliphatic heterocycles. The predicted molar refractivity (Wildman–Crippen MR) is 114 cm³/mol. The highest BCUT2D eigenvalue weighted by molar-refractivity contribution is 7.89. The summed E-state index contributed by atoms with van der Waals surface area (Å²) in [7, 11) is -2.49. The molecule has 0 aliphatic rings. The van der Waals surface area contributed by atoms with Crippen molar-refractivity contribution in [2.24, 2.45) is 0 Å². The Morgan fingerprint density at radius 1 is 0.897 bits per heavy atom. The number of likely N-dealkylation sites (N-methyl/N-ethyl adjacent to an activating group) is 1. The van der Waals surface area contributed by atoms with Gasteiger partial charge in [-0.15, -0.1) is 0 Å². The minimum absolute atomic E-state index is 0.00627. The zero-order valence-electron chi connectivity index (χ0n) is 17.3. The average Bonchev–Trinajstić information content (AvgIpc) is 2.61. The molecule has 0 atom stereocenters. The second-order valence-electron chi connectivity index (χ2n) is 7.84. The number of carbonyl (C=O) groups excluding carboxylic acids is 2. The van der Waals surface area contributed by atoms with Crippen molar-refractivity contribution in [3.8, 4) is 0 Å². The van der Waals surface area contributed by atoms with Gasteiger partial charge in [-0.25, -0.2) is 8.42 Å². The molecule has 0 aliphatic carbocycles. The molecule has 0 spiro atoms. The Balaban J connectivity index is 2.03.